The average molecular weight is 355 g/mol. The van der Waals surface area contributed by atoms with Crippen LogP contribution in [0.3, 0.4) is 0 Å². The maximum atomic E-state index is 6.19. The van der Waals surface area contributed by atoms with E-state index in [-0.39, 0.29) is 6.04 Å². The molecule has 0 aromatic heterocycles. The molecule has 0 fully saturated rings. The molecular weight excluding hydrogens is 338 g/mol. The van der Waals surface area contributed by atoms with Gasteiger partial charge in [-0.25, -0.2) is 0 Å². The van der Waals surface area contributed by atoms with Gasteiger partial charge in [-0.2, -0.15) is 0 Å². The van der Waals surface area contributed by atoms with Crippen LogP contribution in [0.1, 0.15) is 29.7 Å². The monoisotopic (exact) mass is 353 g/mol. The molecule has 4 heteroatoms. The van der Waals surface area contributed by atoms with Crippen molar-refractivity contribution < 1.29 is 4.74 Å². The van der Waals surface area contributed by atoms with Gasteiger partial charge in [0.1, 0.15) is 12.4 Å². The smallest absolute Gasteiger partial charge is 0.124 e. The maximum absolute atomic E-state index is 6.19. The van der Waals surface area contributed by atoms with Gasteiger partial charge < -0.3 is 10.5 Å². The van der Waals surface area contributed by atoms with Crippen LogP contribution in [0.5, 0.6) is 5.75 Å². The van der Waals surface area contributed by atoms with Crippen LogP contribution in [-0.4, -0.2) is 0 Å². The van der Waals surface area contributed by atoms with Crippen LogP contribution < -0.4 is 10.5 Å². The third-order valence-electron chi connectivity index (χ3n) is 3.06. The summed E-state index contributed by atoms with van der Waals surface area (Å²) in [7, 11) is 0. The zero-order valence-corrected chi connectivity index (χ0v) is 13.8. The van der Waals surface area contributed by atoms with Crippen LogP contribution >= 0.6 is 27.5 Å². The summed E-state index contributed by atoms with van der Waals surface area (Å²) in [5.74, 6) is 0.819. The molecule has 1 atom stereocenters. The van der Waals surface area contributed by atoms with Crippen LogP contribution in [0.25, 0.3) is 0 Å². The summed E-state index contributed by atoms with van der Waals surface area (Å²) in [6.07, 6.45) is 0. The molecule has 2 aromatic carbocycles. The third kappa shape index (κ3) is 3.75. The first-order valence-electron chi connectivity index (χ1n) is 6.40. The van der Waals surface area contributed by atoms with Gasteiger partial charge in [0.05, 0.1) is 0 Å². The molecule has 2 aromatic rings. The summed E-state index contributed by atoms with van der Waals surface area (Å²) >= 11 is 9.59. The zero-order valence-electron chi connectivity index (χ0n) is 11.5. The highest BCUT2D eigenvalue weighted by atomic mass is 79.9. The van der Waals surface area contributed by atoms with Gasteiger partial charge in [-0.3, -0.25) is 0 Å². The molecule has 0 amide bonds. The second-order valence-corrected chi connectivity index (χ2v) is 6.18. The molecule has 0 unspecified atom stereocenters. The van der Waals surface area contributed by atoms with Gasteiger partial charge in [0.25, 0.3) is 0 Å². The average Bonchev–Trinajstić information content (AvgIpc) is 2.37. The summed E-state index contributed by atoms with van der Waals surface area (Å²) < 4.78 is 6.86. The van der Waals surface area contributed by atoms with Crippen molar-refractivity contribution in [1.29, 1.82) is 0 Å². The highest BCUT2D eigenvalue weighted by Crippen LogP contribution is 2.28. The van der Waals surface area contributed by atoms with Gasteiger partial charge >= 0.3 is 0 Å². The number of hydrogen-bond donors (Lipinski definition) is 1. The Morgan fingerprint density at radius 3 is 2.65 bits per heavy atom. The molecule has 0 saturated carbocycles. The van der Waals surface area contributed by atoms with Crippen LogP contribution in [0, 0.1) is 6.92 Å². The molecule has 0 aliphatic rings. The van der Waals surface area contributed by atoms with E-state index in [1.54, 1.807) is 0 Å². The number of halogens is 2. The fourth-order valence-electron chi connectivity index (χ4n) is 1.94. The Balaban J connectivity index is 2.20. The summed E-state index contributed by atoms with van der Waals surface area (Å²) in [6, 6.07) is 11.8. The van der Waals surface area contributed by atoms with E-state index in [1.165, 1.54) is 0 Å². The summed E-state index contributed by atoms with van der Waals surface area (Å²) in [5, 5.41) is 0.689. The number of hydrogen-bond acceptors (Lipinski definition) is 2. The largest absolute Gasteiger partial charge is 0.488 e. The Labute approximate surface area is 133 Å². The number of nitrogens with two attached hydrogens (primary N) is 1. The van der Waals surface area contributed by atoms with Crippen molar-refractivity contribution in [3.05, 3.63) is 62.6 Å². The lowest BCUT2D eigenvalue weighted by Gasteiger charge is -2.15. The van der Waals surface area contributed by atoms with Gasteiger partial charge in [-0.1, -0.05) is 45.7 Å². The number of aryl methyl sites for hydroxylation is 1. The number of ether oxygens (including phenoxy) is 1. The Kier molecular flexibility index (Phi) is 5.08. The Morgan fingerprint density at radius 1 is 1.25 bits per heavy atom. The summed E-state index contributed by atoms with van der Waals surface area (Å²) in [4.78, 5) is 0. The van der Waals surface area contributed by atoms with E-state index in [0.29, 0.717) is 11.6 Å². The van der Waals surface area contributed by atoms with Gasteiger partial charge in [-0.05, 0) is 37.6 Å². The van der Waals surface area contributed by atoms with E-state index in [1.807, 2.05) is 50.2 Å². The summed E-state index contributed by atoms with van der Waals surface area (Å²) in [5.41, 5.74) is 9.07. The number of benzene rings is 2. The predicted octanol–water partition coefficient (Wildman–Crippen LogP) is 5.01. The summed E-state index contributed by atoms with van der Waals surface area (Å²) in [6.45, 7) is 4.41. The van der Waals surface area contributed by atoms with E-state index >= 15 is 0 Å². The van der Waals surface area contributed by atoms with Crippen LogP contribution in [0.15, 0.2) is 40.9 Å². The SMILES string of the molecule is Cc1ccc([C@@H](C)N)c(OCc2ccc(Br)cc2Cl)c1. The van der Waals surface area contributed by atoms with Crippen molar-refractivity contribution in [3.63, 3.8) is 0 Å². The normalized spacial score (nSPS) is 12.2. The minimum Gasteiger partial charge on any atom is -0.488 e. The molecule has 0 aliphatic heterocycles. The van der Waals surface area contributed by atoms with Gasteiger partial charge in [-0.15, -0.1) is 0 Å². The lowest BCUT2D eigenvalue weighted by atomic mass is 10.1. The molecular formula is C16H17BrClNO. The molecule has 0 bridgehead atoms. The fraction of sp³-hybridized carbons (Fsp3) is 0.250. The van der Waals surface area contributed by atoms with E-state index in [9.17, 15) is 0 Å². The predicted molar refractivity (Wildman–Crippen MR) is 87.3 cm³/mol. The van der Waals surface area contributed by atoms with Crippen molar-refractivity contribution in [1.82, 2.24) is 0 Å². The highest BCUT2D eigenvalue weighted by Gasteiger charge is 2.09. The van der Waals surface area contributed by atoms with Gasteiger partial charge in [0.15, 0.2) is 0 Å². The molecule has 0 aliphatic carbocycles. The number of rotatable bonds is 4. The third-order valence-corrected chi connectivity index (χ3v) is 3.90. The van der Waals surface area contributed by atoms with Crippen LogP contribution in [-0.2, 0) is 6.61 Å². The van der Waals surface area contributed by atoms with E-state index < -0.39 is 0 Å². The fourth-order valence-corrected chi connectivity index (χ4v) is 2.66. The molecule has 2 rings (SSSR count). The quantitative estimate of drug-likeness (QED) is 0.837. The molecule has 0 spiro atoms. The molecule has 0 heterocycles. The molecule has 2 nitrogen and oxygen atoms in total. The van der Waals surface area contributed by atoms with Gasteiger partial charge in [0, 0.05) is 26.7 Å². The van der Waals surface area contributed by atoms with Crippen molar-refractivity contribution >= 4 is 27.5 Å². The Hall–Kier alpha value is -1.03. The lowest BCUT2D eigenvalue weighted by molar-refractivity contribution is 0.301. The minimum absolute atomic E-state index is 0.0639. The molecule has 2 N–H and O–H groups in total. The van der Waals surface area contributed by atoms with Crippen molar-refractivity contribution in [2.45, 2.75) is 26.5 Å². The topological polar surface area (TPSA) is 35.2 Å². The lowest BCUT2D eigenvalue weighted by Crippen LogP contribution is -2.08. The van der Waals surface area contributed by atoms with Crippen LogP contribution in [0.2, 0.25) is 5.02 Å². The molecule has 106 valence electrons. The molecule has 20 heavy (non-hydrogen) atoms. The van der Waals surface area contributed by atoms with Crippen LogP contribution in [0.4, 0.5) is 0 Å². The maximum Gasteiger partial charge on any atom is 0.124 e. The zero-order chi connectivity index (χ0) is 14.7. The van der Waals surface area contributed by atoms with E-state index in [2.05, 4.69) is 15.9 Å². The van der Waals surface area contributed by atoms with Crippen molar-refractivity contribution in [2.24, 2.45) is 5.73 Å². The van der Waals surface area contributed by atoms with E-state index in [4.69, 9.17) is 22.1 Å². The Bertz CT molecular complexity index is 613. The van der Waals surface area contributed by atoms with E-state index in [0.717, 1.165) is 26.9 Å². The second-order valence-electron chi connectivity index (χ2n) is 4.85. The molecule has 0 saturated heterocycles. The first kappa shape index (κ1) is 15.4. The Morgan fingerprint density at radius 2 is 2.00 bits per heavy atom. The second kappa shape index (κ2) is 6.61. The first-order valence-corrected chi connectivity index (χ1v) is 7.57. The standard InChI is InChI=1S/C16H17BrClNO/c1-10-3-6-14(11(2)19)16(7-10)20-9-12-4-5-13(17)8-15(12)18/h3-8,11H,9,19H2,1-2H3/t11-/m1/s1. The minimum atomic E-state index is -0.0639. The van der Waals surface area contributed by atoms with Gasteiger partial charge in [0.2, 0.25) is 0 Å². The highest BCUT2D eigenvalue weighted by molar-refractivity contribution is 9.10. The first-order chi connectivity index (χ1) is 9.47. The van der Waals surface area contributed by atoms with Crippen molar-refractivity contribution in [2.75, 3.05) is 0 Å². The molecule has 0 radical (unpaired) electrons. The van der Waals surface area contributed by atoms with Crippen molar-refractivity contribution in [3.8, 4) is 5.75 Å².